The molecule has 1 aliphatic rings. The fraction of sp³-hybridized carbons (Fsp3) is 0.750. The van der Waals surface area contributed by atoms with Gasteiger partial charge in [0.2, 0.25) is 0 Å². The summed E-state index contributed by atoms with van der Waals surface area (Å²) in [6.07, 6.45) is 9.79. The number of hydrogen-bond donors (Lipinski definition) is 3. The van der Waals surface area contributed by atoms with Crippen LogP contribution in [-0.2, 0) is 17.7 Å². The first-order chi connectivity index (χ1) is 13.7. The second-order valence-corrected chi connectivity index (χ2v) is 7.67. The number of hydrogen-bond acceptors (Lipinski definition) is 6. The fourth-order valence-corrected chi connectivity index (χ4v) is 3.85. The summed E-state index contributed by atoms with van der Waals surface area (Å²) in [5.74, 6) is 1.24. The molecule has 8 heteroatoms. The molecule has 1 saturated heterocycles. The van der Waals surface area contributed by atoms with Crippen molar-refractivity contribution in [2.45, 2.75) is 77.3 Å². The van der Waals surface area contributed by atoms with Crippen molar-refractivity contribution in [1.82, 2.24) is 25.1 Å². The van der Waals surface area contributed by atoms with Crippen molar-refractivity contribution in [2.75, 3.05) is 25.5 Å². The van der Waals surface area contributed by atoms with Crippen LogP contribution in [0.15, 0.2) is 4.79 Å². The van der Waals surface area contributed by atoms with E-state index in [1.54, 1.807) is 0 Å². The summed E-state index contributed by atoms with van der Waals surface area (Å²) in [4.78, 5) is 16.9. The zero-order chi connectivity index (χ0) is 19.8. The third-order valence-electron chi connectivity index (χ3n) is 5.50. The van der Waals surface area contributed by atoms with Gasteiger partial charge in [-0.15, -0.1) is 0 Å². The molecule has 3 heterocycles. The van der Waals surface area contributed by atoms with Crippen LogP contribution in [-0.4, -0.2) is 45.5 Å². The molecule has 1 aliphatic heterocycles. The minimum atomic E-state index is -0.208. The van der Waals surface area contributed by atoms with Crippen LogP contribution in [0.5, 0.6) is 0 Å². The molecule has 0 bridgehead atoms. The number of aryl methyl sites for hydroxylation is 2. The highest BCUT2D eigenvalue weighted by molar-refractivity contribution is 5.84. The van der Waals surface area contributed by atoms with Crippen molar-refractivity contribution in [3.8, 4) is 0 Å². The molecule has 3 rings (SSSR count). The fourth-order valence-electron chi connectivity index (χ4n) is 3.85. The maximum atomic E-state index is 12.3. The van der Waals surface area contributed by atoms with E-state index >= 15 is 0 Å². The third kappa shape index (κ3) is 5.32. The van der Waals surface area contributed by atoms with Gasteiger partial charge < -0.3 is 20.4 Å². The second kappa shape index (κ2) is 10.6. The summed E-state index contributed by atoms with van der Waals surface area (Å²) in [5.41, 5.74) is 6.83. The zero-order valence-corrected chi connectivity index (χ0v) is 17.0. The molecule has 4 N–H and O–H groups in total. The molecular formula is C20H34N6O2. The topological polar surface area (TPSA) is 111 Å². The Labute approximate surface area is 166 Å². The molecule has 0 radical (unpaired) electrons. The molecule has 0 amide bonds. The predicted octanol–water partition coefficient (Wildman–Crippen LogP) is 2.37. The van der Waals surface area contributed by atoms with Crippen molar-refractivity contribution in [1.29, 1.82) is 0 Å². The lowest BCUT2D eigenvalue weighted by molar-refractivity contribution is 0.0780. The van der Waals surface area contributed by atoms with Gasteiger partial charge in [-0.1, -0.05) is 26.2 Å². The number of imidazole rings is 1. The Hall–Kier alpha value is -1.93. The molecule has 2 aromatic rings. The van der Waals surface area contributed by atoms with Gasteiger partial charge >= 0.3 is 0 Å². The normalized spacial score (nSPS) is 15.5. The molecule has 0 aliphatic carbocycles. The average molecular weight is 391 g/mol. The molecule has 1 fully saturated rings. The number of nitrogens with one attached hydrogen (secondary N) is 2. The van der Waals surface area contributed by atoms with Crippen LogP contribution in [0, 0.1) is 0 Å². The lowest BCUT2D eigenvalue weighted by Crippen LogP contribution is -2.35. The highest BCUT2D eigenvalue weighted by Crippen LogP contribution is 2.19. The molecule has 0 aromatic carbocycles. The number of anilines is 1. The Kier molecular flexibility index (Phi) is 7.85. The van der Waals surface area contributed by atoms with Gasteiger partial charge in [0.05, 0.1) is 0 Å². The van der Waals surface area contributed by atoms with Crippen LogP contribution >= 0.6 is 0 Å². The Bertz CT molecular complexity index is 794. The average Bonchev–Trinajstić information content (AvgIpc) is 3.09. The summed E-state index contributed by atoms with van der Waals surface area (Å²) in [5, 5.41) is 9.99. The van der Waals surface area contributed by atoms with Gasteiger partial charge in [-0.2, -0.15) is 5.10 Å². The van der Waals surface area contributed by atoms with E-state index in [1.165, 1.54) is 12.8 Å². The number of nitrogens with two attached hydrogens (primary N) is 1. The molecule has 8 nitrogen and oxygen atoms in total. The number of fused-ring (bicyclic) bond motifs is 1. The summed E-state index contributed by atoms with van der Waals surface area (Å²) in [7, 11) is 0. The summed E-state index contributed by atoms with van der Waals surface area (Å²) in [6.45, 7) is 5.80. The number of aromatic amines is 1. The highest BCUT2D eigenvalue weighted by atomic mass is 16.5. The van der Waals surface area contributed by atoms with Crippen LogP contribution in [0.4, 0.5) is 5.82 Å². The van der Waals surface area contributed by atoms with Crippen molar-refractivity contribution >= 4 is 16.9 Å². The first-order valence-electron chi connectivity index (χ1n) is 10.7. The van der Waals surface area contributed by atoms with Gasteiger partial charge in [-0.05, 0) is 38.6 Å². The number of rotatable bonds is 11. The van der Waals surface area contributed by atoms with Gasteiger partial charge in [0, 0.05) is 32.2 Å². The Balaban J connectivity index is 1.50. The summed E-state index contributed by atoms with van der Waals surface area (Å²) < 4.78 is 7.45. The first-order valence-corrected chi connectivity index (χ1v) is 10.7. The van der Waals surface area contributed by atoms with Gasteiger partial charge in [0.25, 0.3) is 5.56 Å². The maximum Gasteiger partial charge on any atom is 0.290 e. The quantitative estimate of drug-likeness (QED) is 0.508. The van der Waals surface area contributed by atoms with Crippen LogP contribution < -0.4 is 16.6 Å². The van der Waals surface area contributed by atoms with Crippen LogP contribution in [0.3, 0.4) is 0 Å². The van der Waals surface area contributed by atoms with E-state index in [0.29, 0.717) is 22.9 Å². The van der Waals surface area contributed by atoms with Crippen molar-refractivity contribution in [3.05, 3.63) is 16.2 Å². The predicted molar refractivity (Wildman–Crippen MR) is 111 cm³/mol. The summed E-state index contributed by atoms with van der Waals surface area (Å²) >= 11 is 0. The largest absolute Gasteiger partial charge is 0.381 e. The van der Waals surface area contributed by atoms with E-state index in [0.717, 1.165) is 77.1 Å². The third-order valence-corrected chi connectivity index (χ3v) is 5.50. The van der Waals surface area contributed by atoms with Gasteiger partial charge in [-0.25, -0.2) is 10.1 Å². The van der Waals surface area contributed by atoms with Crippen molar-refractivity contribution in [2.24, 2.45) is 0 Å². The van der Waals surface area contributed by atoms with E-state index < -0.39 is 0 Å². The molecule has 28 heavy (non-hydrogen) atoms. The molecule has 0 saturated carbocycles. The van der Waals surface area contributed by atoms with Gasteiger partial charge in [0.1, 0.15) is 16.9 Å². The number of nitrogens with zero attached hydrogens (tertiary/aromatic N) is 3. The number of aromatic nitrogens is 4. The number of nitrogen functional groups attached to an aromatic ring is 1. The Morgan fingerprint density at radius 2 is 2.00 bits per heavy atom. The van der Waals surface area contributed by atoms with E-state index in [4.69, 9.17) is 10.5 Å². The monoisotopic (exact) mass is 390 g/mol. The molecular weight excluding hydrogens is 356 g/mol. The van der Waals surface area contributed by atoms with Gasteiger partial charge in [-0.3, -0.25) is 4.79 Å². The SMILES string of the molecule is CCCCc1nc2c(N)n[nH]c(=O)c2n1CCCCCCNC1CCOCC1. The Morgan fingerprint density at radius 3 is 2.79 bits per heavy atom. The smallest absolute Gasteiger partial charge is 0.290 e. The number of unbranched alkanes of at least 4 members (excludes halogenated alkanes) is 4. The molecule has 0 atom stereocenters. The lowest BCUT2D eigenvalue weighted by Gasteiger charge is -2.23. The zero-order valence-electron chi connectivity index (χ0n) is 17.0. The second-order valence-electron chi connectivity index (χ2n) is 7.67. The maximum absolute atomic E-state index is 12.3. The van der Waals surface area contributed by atoms with Crippen molar-refractivity contribution in [3.63, 3.8) is 0 Å². The van der Waals surface area contributed by atoms with Gasteiger partial charge in [0.15, 0.2) is 5.82 Å². The van der Waals surface area contributed by atoms with E-state index in [2.05, 4.69) is 32.0 Å². The van der Waals surface area contributed by atoms with Crippen LogP contribution in [0.25, 0.3) is 11.0 Å². The lowest BCUT2D eigenvalue weighted by atomic mass is 10.1. The number of ether oxygens (including phenoxy) is 1. The van der Waals surface area contributed by atoms with E-state index in [-0.39, 0.29) is 5.56 Å². The molecule has 2 aromatic heterocycles. The van der Waals surface area contributed by atoms with E-state index in [9.17, 15) is 4.79 Å². The molecule has 156 valence electrons. The minimum absolute atomic E-state index is 0.208. The minimum Gasteiger partial charge on any atom is -0.381 e. The first kappa shape index (κ1) is 20.8. The molecule has 0 unspecified atom stereocenters. The van der Waals surface area contributed by atoms with E-state index in [1.807, 2.05) is 0 Å². The summed E-state index contributed by atoms with van der Waals surface area (Å²) in [6, 6.07) is 0.623. The number of H-pyrrole nitrogens is 1. The van der Waals surface area contributed by atoms with Crippen LogP contribution in [0.1, 0.15) is 64.1 Å². The Morgan fingerprint density at radius 1 is 1.21 bits per heavy atom. The molecule has 0 spiro atoms. The van der Waals surface area contributed by atoms with Crippen molar-refractivity contribution < 1.29 is 4.74 Å². The standard InChI is InChI=1S/C20H34N6O2/c1-2-3-8-16-23-17-18(20(27)25-24-19(17)21)26(16)12-7-5-4-6-11-22-15-9-13-28-14-10-15/h15,22H,2-14H2,1H3,(H2,21,24)(H,25,27). The highest BCUT2D eigenvalue weighted by Gasteiger charge is 2.16. The van der Waals surface area contributed by atoms with Crippen LogP contribution in [0.2, 0.25) is 0 Å².